The molecule has 2 aromatic carbocycles. The van der Waals surface area contributed by atoms with Gasteiger partial charge in [-0.05, 0) is 49.7 Å². The summed E-state index contributed by atoms with van der Waals surface area (Å²) in [6.45, 7) is 4.31. The van der Waals surface area contributed by atoms with Crippen LogP contribution in [0.25, 0.3) is 0 Å². The van der Waals surface area contributed by atoms with Crippen LogP contribution in [0.15, 0.2) is 47.4 Å². The average Bonchev–Trinajstić information content (AvgIpc) is 2.68. The zero-order chi connectivity index (χ0) is 20.9. The number of carbonyl (C=O) groups excluding carboxylic acids is 1. The summed E-state index contributed by atoms with van der Waals surface area (Å²) in [5.41, 5.74) is 1.06. The SMILES string of the molecule is CCOc1ccc(C(C)NC(=O)c2ccc(Cl)c(S(=O)(=O)N(C)OC)c2)cc1. The Kier molecular flexibility index (Phi) is 7.42. The van der Waals surface area contributed by atoms with Crippen LogP contribution in [-0.4, -0.2) is 39.6 Å². The summed E-state index contributed by atoms with van der Waals surface area (Å²) in [5, 5.41) is 2.84. The predicted molar refractivity (Wildman–Crippen MR) is 107 cm³/mol. The minimum atomic E-state index is -3.98. The van der Waals surface area contributed by atoms with Gasteiger partial charge in [-0.3, -0.25) is 9.63 Å². The second-order valence-electron chi connectivity index (χ2n) is 5.94. The van der Waals surface area contributed by atoms with Crippen LogP contribution in [0.1, 0.15) is 35.8 Å². The fourth-order valence-electron chi connectivity index (χ4n) is 2.46. The van der Waals surface area contributed by atoms with E-state index in [4.69, 9.17) is 21.2 Å². The van der Waals surface area contributed by atoms with Gasteiger partial charge < -0.3 is 10.1 Å². The first kappa shape index (κ1) is 22.2. The topological polar surface area (TPSA) is 84.9 Å². The van der Waals surface area contributed by atoms with Crippen molar-refractivity contribution in [3.63, 3.8) is 0 Å². The summed E-state index contributed by atoms with van der Waals surface area (Å²) >= 11 is 6.02. The molecule has 0 heterocycles. The van der Waals surface area contributed by atoms with Crippen LogP contribution in [-0.2, 0) is 14.9 Å². The van der Waals surface area contributed by atoms with Gasteiger partial charge in [0.15, 0.2) is 0 Å². The molecule has 0 radical (unpaired) electrons. The zero-order valence-corrected chi connectivity index (χ0v) is 17.7. The van der Waals surface area contributed by atoms with Crippen molar-refractivity contribution in [1.82, 2.24) is 9.79 Å². The van der Waals surface area contributed by atoms with E-state index in [0.717, 1.165) is 11.3 Å². The van der Waals surface area contributed by atoms with Gasteiger partial charge in [-0.15, -0.1) is 0 Å². The highest BCUT2D eigenvalue weighted by Crippen LogP contribution is 2.26. The lowest BCUT2D eigenvalue weighted by molar-refractivity contribution is -0.0258. The Hall–Kier alpha value is -2.13. The molecule has 152 valence electrons. The fraction of sp³-hybridized carbons (Fsp3) is 0.316. The Morgan fingerprint density at radius 2 is 1.86 bits per heavy atom. The number of hydroxylamine groups is 1. The van der Waals surface area contributed by atoms with Crippen molar-refractivity contribution in [3.05, 3.63) is 58.6 Å². The fourth-order valence-corrected chi connectivity index (χ4v) is 3.94. The number of hydrogen-bond acceptors (Lipinski definition) is 5. The smallest absolute Gasteiger partial charge is 0.266 e. The van der Waals surface area contributed by atoms with E-state index in [9.17, 15) is 13.2 Å². The molecule has 9 heteroatoms. The summed E-state index contributed by atoms with van der Waals surface area (Å²) in [7, 11) is -1.52. The van der Waals surface area contributed by atoms with Crippen LogP contribution < -0.4 is 10.1 Å². The third-order valence-electron chi connectivity index (χ3n) is 4.11. The van der Waals surface area contributed by atoms with Crippen molar-refractivity contribution in [2.45, 2.75) is 24.8 Å². The summed E-state index contributed by atoms with van der Waals surface area (Å²) in [6, 6.07) is 11.2. The number of hydrogen-bond donors (Lipinski definition) is 1. The van der Waals surface area contributed by atoms with Gasteiger partial charge in [0.05, 0.1) is 24.8 Å². The van der Waals surface area contributed by atoms with Crippen molar-refractivity contribution in [2.24, 2.45) is 0 Å². The Labute approximate surface area is 170 Å². The van der Waals surface area contributed by atoms with Crippen molar-refractivity contribution in [1.29, 1.82) is 0 Å². The molecule has 2 aromatic rings. The van der Waals surface area contributed by atoms with Crippen molar-refractivity contribution >= 4 is 27.5 Å². The van der Waals surface area contributed by atoms with Gasteiger partial charge in [-0.1, -0.05) is 28.2 Å². The summed E-state index contributed by atoms with van der Waals surface area (Å²) in [5.74, 6) is 0.328. The third kappa shape index (κ3) is 5.02. The number of nitrogens with one attached hydrogen (secondary N) is 1. The average molecular weight is 427 g/mol. The molecule has 0 aromatic heterocycles. The molecule has 1 N–H and O–H groups in total. The van der Waals surface area contributed by atoms with Gasteiger partial charge in [0.25, 0.3) is 15.9 Å². The monoisotopic (exact) mass is 426 g/mol. The minimum Gasteiger partial charge on any atom is -0.494 e. The number of halogens is 1. The molecule has 0 aliphatic heterocycles. The standard InChI is InChI=1S/C19H23ClN2O5S/c1-5-27-16-9-6-14(7-10-16)13(2)21-19(23)15-8-11-17(20)18(12-15)28(24,25)22(3)26-4/h6-13H,5H2,1-4H3,(H,21,23). The molecule has 0 spiro atoms. The Morgan fingerprint density at radius 3 is 2.43 bits per heavy atom. The van der Waals surface area contributed by atoms with Gasteiger partial charge >= 0.3 is 0 Å². The van der Waals surface area contributed by atoms with Gasteiger partial charge in [-0.25, -0.2) is 8.42 Å². The Morgan fingerprint density at radius 1 is 1.21 bits per heavy atom. The molecule has 0 bridgehead atoms. The predicted octanol–water partition coefficient (Wildman–Crippen LogP) is 3.41. The van der Waals surface area contributed by atoms with Crippen LogP contribution >= 0.6 is 11.6 Å². The second kappa shape index (κ2) is 9.38. The summed E-state index contributed by atoms with van der Waals surface area (Å²) in [4.78, 5) is 17.2. The molecule has 0 saturated carbocycles. The van der Waals surface area contributed by atoms with Gasteiger partial charge in [0, 0.05) is 12.6 Å². The van der Waals surface area contributed by atoms with Gasteiger partial charge in [0.1, 0.15) is 10.6 Å². The molecule has 0 saturated heterocycles. The Balaban J connectivity index is 2.21. The summed E-state index contributed by atoms with van der Waals surface area (Å²) in [6.07, 6.45) is 0. The van der Waals surface area contributed by atoms with Crippen LogP contribution in [0.5, 0.6) is 5.75 Å². The van der Waals surface area contributed by atoms with Crippen LogP contribution in [0, 0.1) is 0 Å². The molecule has 0 aliphatic rings. The van der Waals surface area contributed by atoms with Crippen LogP contribution in [0.2, 0.25) is 5.02 Å². The lowest BCUT2D eigenvalue weighted by Crippen LogP contribution is -2.28. The van der Waals surface area contributed by atoms with Gasteiger partial charge in [0.2, 0.25) is 0 Å². The molecule has 1 amide bonds. The number of nitrogens with zero attached hydrogens (tertiary/aromatic N) is 1. The molecular formula is C19H23ClN2O5S. The molecule has 1 atom stereocenters. The normalized spacial score (nSPS) is 12.6. The minimum absolute atomic E-state index is 0.0000106. The molecule has 0 fully saturated rings. The highest BCUT2D eigenvalue weighted by molar-refractivity contribution is 7.89. The van der Waals surface area contributed by atoms with Gasteiger partial charge in [-0.2, -0.15) is 0 Å². The van der Waals surface area contributed by atoms with E-state index in [1.807, 2.05) is 38.1 Å². The van der Waals surface area contributed by atoms with Crippen molar-refractivity contribution in [2.75, 3.05) is 20.8 Å². The number of carbonyl (C=O) groups is 1. The molecule has 2 rings (SSSR count). The number of ether oxygens (including phenoxy) is 1. The first-order valence-corrected chi connectivity index (χ1v) is 10.4. The molecule has 1 unspecified atom stereocenters. The number of sulfonamides is 1. The lowest BCUT2D eigenvalue weighted by atomic mass is 10.1. The van der Waals surface area contributed by atoms with E-state index in [-0.39, 0.29) is 21.5 Å². The number of amides is 1. The largest absolute Gasteiger partial charge is 0.494 e. The first-order chi connectivity index (χ1) is 13.2. The van der Waals surface area contributed by atoms with E-state index in [0.29, 0.717) is 11.1 Å². The van der Waals surface area contributed by atoms with Crippen LogP contribution in [0.3, 0.4) is 0 Å². The maximum Gasteiger partial charge on any atom is 0.266 e. The number of benzene rings is 2. The number of rotatable bonds is 8. The lowest BCUT2D eigenvalue weighted by Gasteiger charge is -2.17. The van der Waals surface area contributed by atoms with Crippen LogP contribution in [0.4, 0.5) is 0 Å². The highest BCUT2D eigenvalue weighted by atomic mass is 35.5. The van der Waals surface area contributed by atoms with Crippen molar-refractivity contribution < 1.29 is 22.8 Å². The van der Waals surface area contributed by atoms with E-state index < -0.39 is 15.9 Å². The molecule has 7 nitrogen and oxygen atoms in total. The van der Waals surface area contributed by atoms with Crippen molar-refractivity contribution in [3.8, 4) is 5.75 Å². The second-order valence-corrected chi connectivity index (χ2v) is 8.25. The van der Waals surface area contributed by atoms with E-state index in [1.165, 1.54) is 32.4 Å². The van der Waals surface area contributed by atoms with E-state index >= 15 is 0 Å². The Bertz CT molecular complexity index is 932. The molecule has 0 aliphatic carbocycles. The molecule has 28 heavy (non-hydrogen) atoms. The highest BCUT2D eigenvalue weighted by Gasteiger charge is 2.25. The van der Waals surface area contributed by atoms with E-state index in [2.05, 4.69) is 5.32 Å². The van der Waals surface area contributed by atoms with E-state index in [1.54, 1.807) is 0 Å². The third-order valence-corrected chi connectivity index (χ3v) is 6.27. The maximum atomic E-state index is 12.6. The quantitative estimate of drug-likeness (QED) is 0.654. The maximum absolute atomic E-state index is 12.6. The first-order valence-electron chi connectivity index (χ1n) is 8.57. The summed E-state index contributed by atoms with van der Waals surface area (Å²) < 4.78 is 31.0. The molecular weight excluding hydrogens is 404 g/mol. The zero-order valence-electron chi connectivity index (χ0n) is 16.1.